The van der Waals surface area contributed by atoms with Crippen LogP contribution in [0.4, 0.5) is 5.69 Å². The number of amides is 1. The predicted octanol–water partition coefficient (Wildman–Crippen LogP) is 5.22. The van der Waals surface area contributed by atoms with Crippen LogP contribution < -0.4 is 9.64 Å². The van der Waals surface area contributed by atoms with Gasteiger partial charge < -0.3 is 9.64 Å². The number of fused-ring (bicyclic) bond motifs is 1. The molecule has 0 N–H and O–H groups in total. The summed E-state index contributed by atoms with van der Waals surface area (Å²) in [6.45, 7) is 2.21. The molecule has 0 aliphatic carbocycles. The number of hydrogen-bond acceptors (Lipinski definition) is 3. The molecule has 28 heavy (non-hydrogen) atoms. The highest BCUT2D eigenvalue weighted by molar-refractivity contribution is 14.1. The third-order valence-electron chi connectivity index (χ3n) is 5.66. The minimum atomic E-state index is 0.186. The number of aromatic nitrogens is 1. The molecule has 144 valence electrons. The Kier molecular flexibility index (Phi) is 5.53. The van der Waals surface area contributed by atoms with Gasteiger partial charge in [-0.25, -0.2) is 0 Å². The summed E-state index contributed by atoms with van der Waals surface area (Å²) in [5.74, 6) is 1.46. The monoisotopic (exact) mass is 486 g/mol. The van der Waals surface area contributed by atoms with Crippen LogP contribution in [0.25, 0.3) is 10.9 Å². The molecule has 2 heterocycles. The van der Waals surface area contributed by atoms with Gasteiger partial charge in [-0.15, -0.1) is 0 Å². The first-order valence-corrected chi connectivity index (χ1v) is 10.7. The molecule has 5 heteroatoms. The van der Waals surface area contributed by atoms with Crippen molar-refractivity contribution in [3.05, 3.63) is 63.9 Å². The minimum Gasteiger partial charge on any atom is -0.497 e. The van der Waals surface area contributed by atoms with E-state index in [4.69, 9.17) is 4.74 Å². The van der Waals surface area contributed by atoms with Gasteiger partial charge in [-0.05, 0) is 70.8 Å². The molecule has 0 spiro atoms. The molecule has 4 rings (SSSR count). The Bertz CT molecular complexity index is 1000. The summed E-state index contributed by atoms with van der Waals surface area (Å²) < 4.78 is 6.41. The first-order valence-electron chi connectivity index (χ1n) is 9.60. The second kappa shape index (κ2) is 8.07. The second-order valence-electron chi connectivity index (χ2n) is 7.22. The topological polar surface area (TPSA) is 42.4 Å². The minimum absolute atomic E-state index is 0.186. The zero-order valence-corrected chi connectivity index (χ0v) is 18.2. The van der Waals surface area contributed by atoms with Gasteiger partial charge in [-0.1, -0.05) is 31.5 Å². The number of anilines is 1. The van der Waals surface area contributed by atoms with Gasteiger partial charge in [0.25, 0.3) is 0 Å². The summed E-state index contributed by atoms with van der Waals surface area (Å²) in [6, 6.07) is 16.6. The van der Waals surface area contributed by atoms with Crippen molar-refractivity contribution in [1.82, 2.24) is 4.98 Å². The highest BCUT2D eigenvalue weighted by Crippen LogP contribution is 2.39. The normalized spacial score (nSPS) is 17.5. The zero-order chi connectivity index (χ0) is 19.7. The maximum atomic E-state index is 12.6. The van der Waals surface area contributed by atoms with Crippen LogP contribution in [0.2, 0.25) is 0 Å². The lowest BCUT2D eigenvalue weighted by atomic mass is 9.82. The quantitative estimate of drug-likeness (QED) is 0.355. The molecule has 0 saturated carbocycles. The van der Waals surface area contributed by atoms with Crippen molar-refractivity contribution in [2.75, 3.05) is 12.0 Å². The van der Waals surface area contributed by atoms with Gasteiger partial charge in [0.15, 0.2) is 0 Å². The van der Waals surface area contributed by atoms with E-state index in [9.17, 15) is 4.79 Å². The molecular formula is C23H23IN2O2. The van der Waals surface area contributed by atoms with Gasteiger partial charge in [0.2, 0.25) is 5.91 Å². The highest BCUT2D eigenvalue weighted by Gasteiger charge is 2.42. The van der Waals surface area contributed by atoms with Crippen LogP contribution >= 0.6 is 22.6 Å². The first kappa shape index (κ1) is 19.2. The van der Waals surface area contributed by atoms with Gasteiger partial charge in [-0.3, -0.25) is 9.78 Å². The summed E-state index contributed by atoms with van der Waals surface area (Å²) >= 11 is 2.33. The molecule has 1 aliphatic rings. The van der Waals surface area contributed by atoms with Gasteiger partial charge in [0.1, 0.15) is 5.75 Å². The van der Waals surface area contributed by atoms with Crippen LogP contribution in [0.1, 0.15) is 25.3 Å². The van der Waals surface area contributed by atoms with Crippen LogP contribution in [0.15, 0.2) is 54.7 Å². The summed E-state index contributed by atoms with van der Waals surface area (Å²) in [5.41, 5.74) is 3.12. The van der Waals surface area contributed by atoms with E-state index < -0.39 is 0 Å². The van der Waals surface area contributed by atoms with Gasteiger partial charge >= 0.3 is 0 Å². The summed E-state index contributed by atoms with van der Waals surface area (Å²) in [7, 11) is 1.68. The van der Waals surface area contributed by atoms with Crippen molar-refractivity contribution in [3.63, 3.8) is 0 Å². The summed E-state index contributed by atoms with van der Waals surface area (Å²) in [6.07, 6.45) is 4.38. The lowest BCUT2D eigenvalue weighted by Crippen LogP contribution is -2.57. The smallest absolute Gasteiger partial charge is 0.229 e. The first-order chi connectivity index (χ1) is 13.6. The number of nitrogens with zero attached hydrogens (tertiary/aromatic N) is 2. The van der Waals surface area contributed by atoms with Crippen LogP contribution in [0.3, 0.4) is 0 Å². The van der Waals surface area contributed by atoms with Crippen molar-refractivity contribution in [1.29, 1.82) is 0 Å². The Balaban J connectivity index is 1.63. The Hall–Kier alpha value is -2.15. The number of rotatable bonds is 6. The molecule has 0 unspecified atom stereocenters. The Morgan fingerprint density at radius 1 is 1.21 bits per heavy atom. The van der Waals surface area contributed by atoms with E-state index in [1.807, 2.05) is 29.2 Å². The Labute approximate surface area is 179 Å². The molecule has 1 fully saturated rings. The molecule has 1 aliphatic heterocycles. The van der Waals surface area contributed by atoms with Crippen molar-refractivity contribution in [3.8, 4) is 5.75 Å². The van der Waals surface area contributed by atoms with Crippen LogP contribution in [-0.4, -0.2) is 24.0 Å². The maximum Gasteiger partial charge on any atom is 0.229 e. The number of halogens is 1. The predicted molar refractivity (Wildman–Crippen MR) is 121 cm³/mol. The van der Waals surface area contributed by atoms with Crippen molar-refractivity contribution < 1.29 is 9.53 Å². The molecule has 2 atom stereocenters. The van der Waals surface area contributed by atoms with Crippen LogP contribution in [0.5, 0.6) is 5.75 Å². The third kappa shape index (κ3) is 3.48. The molecule has 1 saturated heterocycles. The Morgan fingerprint density at radius 2 is 2.00 bits per heavy atom. The standard InChI is InChI=1S/C23H23IN2O2/c1-3-16(13-15-6-8-17(28-2)9-7-15)21-14-22(27)26(21)20-11-10-19(24)18-5-4-12-25-23(18)20/h4-12,16,21H,3,13-14H2,1-2H3/t16-,21+/m0/s1. The van der Waals surface area contributed by atoms with E-state index in [-0.39, 0.29) is 11.9 Å². The van der Waals surface area contributed by atoms with Gasteiger partial charge in [0.05, 0.1) is 18.3 Å². The van der Waals surface area contributed by atoms with E-state index in [1.165, 1.54) is 5.56 Å². The largest absolute Gasteiger partial charge is 0.497 e. The molecule has 1 aromatic heterocycles. The second-order valence-corrected chi connectivity index (χ2v) is 8.38. The van der Waals surface area contributed by atoms with Crippen molar-refractivity contribution >= 4 is 45.1 Å². The van der Waals surface area contributed by atoms with Crippen LogP contribution in [-0.2, 0) is 11.2 Å². The fraction of sp³-hybridized carbons (Fsp3) is 0.304. The maximum absolute atomic E-state index is 12.6. The average Bonchev–Trinajstić information content (AvgIpc) is 2.73. The lowest BCUT2D eigenvalue weighted by Gasteiger charge is -2.45. The fourth-order valence-electron chi connectivity index (χ4n) is 4.07. The van der Waals surface area contributed by atoms with E-state index in [2.05, 4.69) is 58.8 Å². The van der Waals surface area contributed by atoms with Crippen molar-refractivity contribution in [2.24, 2.45) is 5.92 Å². The number of β-lactam (4-membered cyclic amide) rings is 1. The molecule has 3 aromatic rings. The third-order valence-corrected chi connectivity index (χ3v) is 6.60. The average molecular weight is 486 g/mol. The highest BCUT2D eigenvalue weighted by atomic mass is 127. The van der Waals surface area contributed by atoms with Gasteiger partial charge in [-0.2, -0.15) is 0 Å². The van der Waals surface area contributed by atoms with Crippen LogP contribution in [0, 0.1) is 9.49 Å². The molecule has 0 bridgehead atoms. The lowest BCUT2D eigenvalue weighted by molar-refractivity contribution is -0.125. The Morgan fingerprint density at radius 3 is 2.68 bits per heavy atom. The van der Waals surface area contributed by atoms with E-state index in [1.54, 1.807) is 13.3 Å². The number of carbonyl (C=O) groups is 1. The molecule has 4 nitrogen and oxygen atoms in total. The van der Waals surface area contributed by atoms with Gasteiger partial charge in [0, 0.05) is 27.6 Å². The SMILES string of the molecule is CC[C@@H](Cc1ccc(OC)cc1)[C@H]1CC(=O)N1c1ccc(I)c2cccnc12. The molecular weight excluding hydrogens is 463 g/mol. The number of carbonyl (C=O) groups excluding carboxylic acids is 1. The fourth-order valence-corrected chi connectivity index (χ4v) is 4.68. The number of ether oxygens (including phenoxy) is 1. The van der Waals surface area contributed by atoms with E-state index in [0.717, 1.165) is 38.8 Å². The van der Waals surface area contributed by atoms with E-state index in [0.29, 0.717) is 12.3 Å². The van der Waals surface area contributed by atoms with Crippen molar-refractivity contribution in [2.45, 2.75) is 32.2 Å². The zero-order valence-electron chi connectivity index (χ0n) is 16.1. The van der Waals surface area contributed by atoms with E-state index >= 15 is 0 Å². The summed E-state index contributed by atoms with van der Waals surface area (Å²) in [4.78, 5) is 19.2. The molecule has 0 radical (unpaired) electrons. The summed E-state index contributed by atoms with van der Waals surface area (Å²) in [5, 5.41) is 1.10. The number of pyridine rings is 1. The molecule has 2 aromatic carbocycles. The number of methoxy groups -OCH3 is 1. The number of benzene rings is 2. The number of hydrogen-bond donors (Lipinski definition) is 0. The molecule has 1 amide bonds.